The van der Waals surface area contributed by atoms with E-state index >= 15 is 0 Å². The second-order valence-corrected chi connectivity index (χ2v) is 6.15. The van der Waals surface area contributed by atoms with E-state index in [1.165, 1.54) is 0 Å². The van der Waals surface area contributed by atoms with Crippen molar-refractivity contribution in [1.82, 2.24) is 5.32 Å². The van der Waals surface area contributed by atoms with Gasteiger partial charge in [-0.1, -0.05) is 20.8 Å². The minimum Gasteiger partial charge on any atom is -0.390 e. The van der Waals surface area contributed by atoms with Crippen molar-refractivity contribution in [2.45, 2.75) is 64.6 Å². The Morgan fingerprint density at radius 2 is 2.00 bits per heavy atom. The maximum absolute atomic E-state index is 10.6. The smallest absolute Gasteiger partial charge is 0.0905 e. The van der Waals surface area contributed by atoms with Gasteiger partial charge in [0.05, 0.1) is 11.7 Å². The van der Waals surface area contributed by atoms with Gasteiger partial charge in [0.2, 0.25) is 0 Å². The molecule has 4 atom stereocenters. The minimum absolute atomic E-state index is 0.229. The third-order valence-electron chi connectivity index (χ3n) is 4.92. The van der Waals surface area contributed by atoms with E-state index in [2.05, 4.69) is 19.2 Å². The lowest BCUT2D eigenvalue weighted by molar-refractivity contribution is -0.0868. The van der Waals surface area contributed by atoms with Crippen LogP contribution in [0.1, 0.15) is 52.9 Å². The van der Waals surface area contributed by atoms with Gasteiger partial charge < -0.3 is 15.5 Å². The summed E-state index contributed by atoms with van der Waals surface area (Å²) < 4.78 is 0. The molecule has 0 amide bonds. The van der Waals surface area contributed by atoms with Gasteiger partial charge in [-0.3, -0.25) is 0 Å². The summed E-state index contributed by atoms with van der Waals surface area (Å²) in [6, 6.07) is 0. The molecule has 1 fully saturated rings. The highest BCUT2D eigenvalue weighted by atomic mass is 16.3. The molecule has 0 heterocycles. The zero-order valence-corrected chi connectivity index (χ0v) is 11.8. The topological polar surface area (TPSA) is 52.5 Å². The van der Waals surface area contributed by atoms with Crippen LogP contribution in [-0.2, 0) is 0 Å². The van der Waals surface area contributed by atoms with Gasteiger partial charge in [-0.05, 0) is 50.5 Å². The standard InChI is InChI=1S/C14H29NO2/c1-5-12(16)14(17)7-6-11(2)13(3,8-9-14)10-15-4/h11-12,15-17H,5-10H2,1-4H3. The van der Waals surface area contributed by atoms with Crippen LogP contribution in [0.5, 0.6) is 0 Å². The van der Waals surface area contributed by atoms with Gasteiger partial charge in [0.25, 0.3) is 0 Å². The lowest BCUT2D eigenvalue weighted by Crippen LogP contribution is -2.42. The summed E-state index contributed by atoms with van der Waals surface area (Å²) in [4.78, 5) is 0. The first kappa shape index (κ1) is 14.9. The van der Waals surface area contributed by atoms with Crippen LogP contribution >= 0.6 is 0 Å². The molecule has 1 rings (SSSR count). The van der Waals surface area contributed by atoms with Crippen LogP contribution in [0.25, 0.3) is 0 Å². The molecule has 1 aliphatic carbocycles. The fourth-order valence-electron chi connectivity index (χ4n) is 3.07. The Morgan fingerprint density at radius 3 is 2.53 bits per heavy atom. The van der Waals surface area contributed by atoms with E-state index in [0.29, 0.717) is 18.8 Å². The molecule has 0 aromatic carbocycles. The molecule has 3 nitrogen and oxygen atoms in total. The molecule has 0 spiro atoms. The van der Waals surface area contributed by atoms with Crippen LogP contribution in [-0.4, -0.2) is 35.5 Å². The summed E-state index contributed by atoms with van der Waals surface area (Å²) in [7, 11) is 1.98. The Bertz CT molecular complexity index is 246. The molecular formula is C14H29NO2. The molecular weight excluding hydrogens is 214 g/mol. The molecule has 0 aromatic heterocycles. The third kappa shape index (κ3) is 3.21. The average Bonchev–Trinajstić information content (AvgIpc) is 2.42. The van der Waals surface area contributed by atoms with Gasteiger partial charge in [0.15, 0.2) is 0 Å². The zero-order chi connectivity index (χ0) is 13.1. The molecule has 0 radical (unpaired) electrons. The number of aliphatic hydroxyl groups is 2. The van der Waals surface area contributed by atoms with E-state index in [-0.39, 0.29) is 5.41 Å². The zero-order valence-electron chi connectivity index (χ0n) is 11.8. The summed E-state index contributed by atoms with van der Waals surface area (Å²) in [6.07, 6.45) is 3.46. The van der Waals surface area contributed by atoms with Gasteiger partial charge in [-0.15, -0.1) is 0 Å². The molecule has 4 unspecified atom stereocenters. The monoisotopic (exact) mass is 243 g/mol. The number of rotatable bonds is 4. The van der Waals surface area contributed by atoms with Crippen molar-refractivity contribution in [3.63, 3.8) is 0 Å². The van der Waals surface area contributed by atoms with Crippen LogP contribution in [0.2, 0.25) is 0 Å². The first-order valence-electron chi connectivity index (χ1n) is 6.93. The third-order valence-corrected chi connectivity index (χ3v) is 4.92. The average molecular weight is 243 g/mol. The van der Waals surface area contributed by atoms with Crippen molar-refractivity contribution in [2.24, 2.45) is 11.3 Å². The molecule has 17 heavy (non-hydrogen) atoms. The summed E-state index contributed by atoms with van der Waals surface area (Å²) >= 11 is 0. The fraction of sp³-hybridized carbons (Fsp3) is 1.00. The van der Waals surface area contributed by atoms with Gasteiger partial charge in [0, 0.05) is 6.54 Å². The molecule has 1 aliphatic rings. The van der Waals surface area contributed by atoms with E-state index in [4.69, 9.17) is 0 Å². The van der Waals surface area contributed by atoms with E-state index in [1.807, 2.05) is 14.0 Å². The normalized spacial score (nSPS) is 40.9. The molecule has 0 aromatic rings. The number of aliphatic hydroxyl groups excluding tert-OH is 1. The summed E-state index contributed by atoms with van der Waals surface area (Å²) in [5.41, 5.74) is -0.638. The van der Waals surface area contributed by atoms with Crippen LogP contribution in [0, 0.1) is 11.3 Å². The number of hydrogen-bond donors (Lipinski definition) is 3. The van der Waals surface area contributed by atoms with Gasteiger partial charge >= 0.3 is 0 Å². The molecule has 3 heteroatoms. The van der Waals surface area contributed by atoms with Crippen molar-refractivity contribution in [1.29, 1.82) is 0 Å². The summed E-state index contributed by atoms with van der Waals surface area (Å²) in [5.74, 6) is 0.577. The molecule has 0 aliphatic heterocycles. The van der Waals surface area contributed by atoms with E-state index in [1.54, 1.807) is 0 Å². The van der Waals surface area contributed by atoms with Crippen molar-refractivity contribution >= 4 is 0 Å². The lowest BCUT2D eigenvalue weighted by Gasteiger charge is -2.35. The van der Waals surface area contributed by atoms with Crippen molar-refractivity contribution in [3.05, 3.63) is 0 Å². The second kappa shape index (κ2) is 5.68. The first-order valence-corrected chi connectivity index (χ1v) is 6.93. The summed E-state index contributed by atoms with van der Waals surface area (Å²) in [5, 5.41) is 23.8. The fourth-order valence-corrected chi connectivity index (χ4v) is 3.07. The van der Waals surface area contributed by atoms with Crippen LogP contribution in [0.3, 0.4) is 0 Å². The number of hydrogen-bond acceptors (Lipinski definition) is 3. The Labute approximate surface area is 106 Å². The van der Waals surface area contributed by atoms with Crippen molar-refractivity contribution in [2.75, 3.05) is 13.6 Å². The lowest BCUT2D eigenvalue weighted by atomic mass is 9.74. The van der Waals surface area contributed by atoms with Crippen molar-refractivity contribution < 1.29 is 10.2 Å². The Morgan fingerprint density at radius 1 is 1.35 bits per heavy atom. The Balaban J connectivity index is 2.77. The Kier molecular flexibility index (Phi) is 4.99. The van der Waals surface area contributed by atoms with Crippen molar-refractivity contribution in [3.8, 4) is 0 Å². The molecule has 102 valence electrons. The highest BCUT2D eigenvalue weighted by molar-refractivity contribution is 4.95. The van der Waals surface area contributed by atoms with E-state index < -0.39 is 11.7 Å². The SMILES string of the molecule is CCC(O)C1(O)CCC(C)C(C)(CNC)CC1. The molecule has 0 bridgehead atoms. The highest BCUT2D eigenvalue weighted by Crippen LogP contribution is 2.43. The van der Waals surface area contributed by atoms with Gasteiger partial charge in [-0.2, -0.15) is 0 Å². The van der Waals surface area contributed by atoms with Gasteiger partial charge in [0.1, 0.15) is 0 Å². The van der Waals surface area contributed by atoms with Gasteiger partial charge in [-0.25, -0.2) is 0 Å². The predicted octanol–water partition coefficient (Wildman–Crippen LogP) is 1.92. The van der Waals surface area contributed by atoms with E-state index in [0.717, 1.165) is 25.8 Å². The van der Waals surface area contributed by atoms with Crippen LogP contribution in [0.4, 0.5) is 0 Å². The number of nitrogens with one attached hydrogen (secondary N) is 1. The second-order valence-electron chi connectivity index (χ2n) is 6.15. The summed E-state index contributed by atoms with van der Waals surface area (Å²) in [6.45, 7) is 7.47. The highest BCUT2D eigenvalue weighted by Gasteiger charge is 2.42. The molecule has 0 saturated heterocycles. The Hall–Kier alpha value is -0.120. The maximum atomic E-state index is 10.6. The van der Waals surface area contributed by atoms with Crippen LogP contribution < -0.4 is 5.32 Å². The first-order chi connectivity index (χ1) is 7.88. The molecule has 3 N–H and O–H groups in total. The molecule has 1 saturated carbocycles. The largest absolute Gasteiger partial charge is 0.390 e. The quantitative estimate of drug-likeness (QED) is 0.661. The van der Waals surface area contributed by atoms with E-state index in [9.17, 15) is 10.2 Å². The predicted molar refractivity (Wildman–Crippen MR) is 70.9 cm³/mol. The van der Waals surface area contributed by atoms with Crippen LogP contribution in [0.15, 0.2) is 0 Å². The minimum atomic E-state index is -0.867. The maximum Gasteiger partial charge on any atom is 0.0905 e.